The molecule has 1 aromatic heterocycles. The zero-order chi connectivity index (χ0) is 16.1. The molecule has 0 radical (unpaired) electrons. The fraction of sp³-hybridized carbons (Fsp3) is 0.444. The molecule has 1 aliphatic heterocycles. The zero-order valence-corrected chi connectivity index (χ0v) is 13.5. The van der Waals surface area contributed by atoms with Crippen molar-refractivity contribution in [2.75, 3.05) is 25.0 Å². The average Bonchev–Trinajstić information content (AvgIpc) is 2.56. The van der Waals surface area contributed by atoms with Gasteiger partial charge in [-0.3, -0.25) is 4.90 Å². The van der Waals surface area contributed by atoms with E-state index in [2.05, 4.69) is 44.5 Å². The molecule has 122 valence electrons. The first kappa shape index (κ1) is 15.9. The van der Waals surface area contributed by atoms with E-state index in [0.29, 0.717) is 5.95 Å². The summed E-state index contributed by atoms with van der Waals surface area (Å²) in [4.78, 5) is 11.1. The summed E-state index contributed by atoms with van der Waals surface area (Å²) in [6.45, 7) is 4.98. The van der Waals surface area contributed by atoms with Crippen LogP contribution in [0.15, 0.2) is 42.6 Å². The maximum atomic E-state index is 9.67. The largest absolute Gasteiger partial charge is 0.396 e. The van der Waals surface area contributed by atoms with Gasteiger partial charge in [0.1, 0.15) is 0 Å². The number of aliphatic hydroxyl groups excluding tert-OH is 1. The number of aromatic nitrogens is 2. The van der Waals surface area contributed by atoms with E-state index in [9.17, 15) is 5.11 Å². The van der Waals surface area contributed by atoms with E-state index < -0.39 is 0 Å². The number of aryl methyl sites for hydroxylation is 1. The van der Waals surface area contributed by atoms with Crippen LogP contribution in [0.2, 0.25) is 0 Å². The highest BCUT2D eigenvalue weighted by atomic mass is 16.3. The Morgan fingerprint density at radius 2 is 2.09 bits per heavy atom. The van der Waals surface area contributed by atoms with Crippen LogP contribution in [-0.2, 0) is 6.54 Å². The zero-order valence-electron chi connectivity index (χ0n) is 13.5. The van der Waals surface area contributed by atoms with Crippen LogP contribution in [0.1, 0.15) is 17.7 Å². The van der Waals surface area contributed by atoms with Crippen LogP contribution >= 0.6 is 0 Å². The van der Waals surface area contributed by atoms with Gasteiger partial charge in [0.15, 0.2) is 0 Å². The van der Waals surface area contributed by atoms with Gasteiger partial charge in [-0.25, -0.2) is 9.97 Å². The smallest absolute Gasteiger partial charge is 0.223 e. The minimum Gasteiger partial charge on any atom is -0.396 e. The maximum absolute atomic E-state index is 9.67. The molecule has 0 aliphatic carbocycles. The molecule has 1 saturated heterocycles. The Morgan fingerprint density at radius 3 is 2.83 bits per heavy atom. The molecule has 2 atom stereocenters. The fourth-order valence-corrected chi connectivity index (χ4v) is 3.12. The third kappa shape index (κ3) is 4.27. The molecule has 1 aromatic carbocycles. The molecule has 5 heteroatoms. The predicted molar refractivity (Wildman–Crippen MR) is 91.1 cm³/mol. The number of nitrogens with zero attached hydrogens (tertiary/aromatic N) is 3. The minimum atomic E-state index is 0.166. The van der Waals surface area contributed by atoms with Gasteiger partial charge >= 0.3 is 0 Å². The second-order valence-electron chi connectivity index (χ2n) is 6.22. The molecular weight excluding hydrogens is 288 g/mol. The molecule has 1 fully saturated rings. The van der Waals surface area contributed by atoms with Crippen LogP contribution in [0.3, 0.4) is 0 Å². The van der Waals surface area contributed by atoms with Gasteiger partial charge in [-0.1, -0.05) is 30.3 Å². The highest BCUT2D eigenvalue weighted by Crippen LogP contribution is 2.21. The van der Waals surface area contributed by atoms with Crippen molar-refractivity contribution in [1.82, 2.24) is 14.9 Å². The number of hydrogen-bond acceptors (Lipinski definition) is 5. The van der Waals surface area contributed by atoms with Crippen LogP contribution in [0.25, 0.3) is 0 Å². The molecule has 2 aromatic rings. The lowest BCUT2D eigenvalue weighted by molar-refractivity contribution is 0.114. The molecule has 2 N–H and O–H groups in total. The first-order valence-electron chi connectivity index (χ1n) is 8.18. The van der Waals surface area contributed by atoms with Gasteiger partial charge in [0.05, 0.1) is 0 Å². The second-order valence-corrected chi connectivity index (χ2v) is 6.22. The number of likely N-dealkylation sites (tertiary alicyclic amines) is 1. The van der Waals surface area contributed by atoms with Gasteiger partial charge in [0.25, 0.3) is 0 Å². The topological polar surface area (TPSA) is 61.3 Å². The van der Waals surface area contributed by atoms with Gasteiger partial charge in [-0.05, 0) is 31.5 Å². The lowest BCUT2D eigenvalue weighted by Gasteiger charge is -2.38. The Kier molecular flexibility index (Phi) is 5.20. The Morgan fingerprint density at radius 1 is 1.26 bits per heavy atom. The monoisotopic (exact) mass is 312 g/mol. The number of anilines is 1. The molecule has 0 bridgehead atoms. The van der Waals surface area contributed by atoms with E-state index >= 15 is 0 Å². The molecule has 0 saturated carbocycles. The normalized spacial score (nSPS) is 22.0. The fourth-order valence-electron chi connectivity index (χ4n) is 3.12. The summed E-state index contributed by atoms with van der Waals surface area (Å²) in [5.74, 6) is 0.890. The molecule has 1 aliphatic rings. The van der Waals surface area contributed by atoms with Crippen molar-refractivity contribution < 1.29 is 5.11 Å². The summed E-state index contributed by atoms with van der Waals surface area (Å²) < 4.78 is 0. The van der Waals surface area contributed by atoms with Gasteiger partial charge in [0.2, 0.25) is 5.95 Å². The van der Waals surface area contributed by atoms with Crippen LogP contribution < -0.4 is 5.32 Å². The van der Waals surface area contributed by atoms with E-state index in [1.807, 2.05) is 19.1 Å². The van der Waals surface area contributed by atoms with E-state index in [0.717, 1.165) is 31.7 Å². The third-order valence-electron chi connectivity index (χ3n) is 4.43. The molecule has 2 heterocycles. The number of rotatable bonds is 5. The van der Waals surface area contributed by atoms with Crippen LogP contribution in [-0.4, -0.2) is 45.7 Å². The molecular formula is C18H24N4O. The second kappa shape index (κ2) is 7.53. The average molecular weight is 312 g/mol. The molecule has 0 unspecified atom stereocenters. The number of piperidine rings is 1. The SMILES string of the molecule is Cc1ccnc(N[C@@H]2CN(Cc3ccccc3)CC[C@@H]2CO)n1. The van der Waals surface area contributed by atoms with Crippen molar-refractivity contribution in [1.29, 1.82) is 0 Å². The quantitative estimate of drug-likeness (QED) is 0.885. The van der Waals surface area contributed by atoms with Crippen molar-refractivity contribution in [2.45, 2.75) is 25.9 Å². The van der Waals surface area contributed by atoms with Gasteiger partial charge in [-0.2, -0.15) is 0 Å². The summed E-state index contributed by atoms with van der Waals surface area (Å²) in [5, 5.41) is 13.1. The van der Waals surface area contributed by atoms with Gasteiger partial charge in [0, 0.05) is 43.5 Å². The predicted octanol–water partition coefficient (Wildman–Crippen LogP) is 2.08. The summed E-state index contributed by atoms with van der Waals surface area (Å²) in [6.07, 6.45) is 2.75. The van der Waals surface area contributed by atoms with Crippen molar-refractivity contribution >= 4 is 5.95 Å². The van der Waals surface area contributed by atoms with Crippen LogP contribution in [0.4, 0.5) is 5.95 Å². The van der Waals surface area contributed by atoms with E-state index in [1.54, 1.807) is 6.20 Å². The summed E-state index contributed by atoms with van der Waals surface area (Å²) >= 11 is 0. The lowest BCUT2D eigenvalue weighted by Crippen LogP contribution is -2.48. The Bertz CT molecular complexity index is 619. The van der Waals surface area contributed by atoms with Crippen LogP contribution in [0, 0.1) is 12.8 Å². The number of benzene rings is 1. The summed E-state index contributed by atoms with van der Waals surface area (Å²) in [5.41, 5.74) is 2.26. The van der Waals surface area contributed by atoms with Crippen molar-refractivity contribution in [2.24, 2.45) is 5.92 Å². The number of hydrogen-bond donors (Lipinski definition) is 2. The highest BCUT2D eigenvalue weighted by Gasteiger charge is 2.29. The standard InChI is InChI=1S/C18H24N4O/c1-14-7-9-19-18(20-14)21-17-12-22(10-8-16(17)13-23)11-15-5-3-2-4-6-15/h2-7,9,16-17,23H,8,10-13H2,1H3,(H,19,20,21)/t16-,17-/m1/s1. The third-order valence-corrected chi connectivity index (χ3v) is 4.43. The van der Waals surface area contributed by atoms with Gasteiger partial charge < -0.3 is 10.4 Å². The molecule has 23 heavy (non-hydrogen) atoms. The van der Waals surface area contributed by atoms with E-state index in [1.165, 1.54) is 5.56 Å². The molecule has 0 spiro atoms. The first-order chi connectivity index (χ1) is 11.2. The molecule has 0 amide bonds. The molecule has 3 rings (SSSR count). The Hall–Kier alpha value is -1.98. The number of nitrogens with one attached hydrogen (secondary N) is 1. The Labute approximate surface area is 137 Å². The first-order valence-corrected chi connectivity index (χ1v) is 8.18. The van der Waals surface area contributed by atoms with Crippen LogP contribution in [0.5, 0.6) is 0 Å². The molecule has 5 nitrogen and oxygen atoms in total. The Balaban J connectivity index is 1.66. The van der Waals surface area contributed by atoms with Gasteiger partial charge in [-0.15, -0.1) is 0 Å². The summed E-state index contributed by atoms with van der Waals surface area (Å²) in [6, 6.07) is 12.6. The highest BCUT2D eigenvalue weighted by molar-refractivity contribution is 5.27. The number of aliphatic hydroxyl groups is 1. The van der Waals surface area contributed by atoms with E-state index in [-0.39, 0.29) is 18.6 Å². The van der Waals surface area contributed by atoms with Crippen molar-refractivity contribution in [3.63, 3.8) is 0 Å². The van der Waals surface area contributed by atoms with Crippen molar-refractivity contribution in [3.8, 4) is 0 Å². The maximum Gasteiger partial charge on any atom is 0.223 e. The summed E-state index contributed by atoms with van der Waals surface area (Å²) in [7, 11) is 0. The van der Waals surface area contributed by atoms with Crippen molar-refractivity contribution in [3.05, 3.63) is 53.9 Å². The minimum absolute atomic E-state index is 0.166. The lowest BCUT2D eigenvalue weighted by atomic mass is 9.92. The van der Waals surface area contributed by atoms with E-state index in [4.69, 9.17) is 0 Å².